The minimum absolute atomic E-state index is 0.0774. The monoisotopic (exact) mass is 265 g/mol. The fraction of sp³-hybridized carbons (Fsp3) is 0.500. The van der Waals surface area contributed by atoms with Crippen molar-refractivity contribution in [3.8, 4) is 11.5 Å². The summed E-state index contributed by atoms with van der Waals surface area (Å²) < 4.78 is 15.7. The van der Waals surface area contributed by atoms with Gasteiger partial charge in [-0.2, -0.15) is 0 Å². The SMILES string of the molecule is CC(C)OC(=O)CN(C)Cc1ccc2c(c1)OCO2. The summed E-state index contributed by atoms with van der Waals surface area (Å²) in [5.41, 5.74) is 1.07. The summed E-state index contributed by atoms with van der Waals surface area (Å²) in [6, 6.07) is 5.79. The Hall–Kier alpha value is -1.75. The van der Waals surface area contributed by atoms with Gasteiger partial charge in [-0.15, -0.1) is 0 Å². The molecule has 0 saturated carbocycles. The number of esters is 1. The zero-order valence-electron chi connectivity index (χ0n) is 11.5. The summed E-state index contributed by atoms with van der Waals surface area (Å²) in [6.45, 7) is 4.89. The molecule has 5 heteroatoms. The standard InChI is InChI=1S/C14H19NO4/c1-10(2)19-14(16)8-15(3)7-11-4-5-12-13(6-11)18-9-17-12/h4-6,10H,7-9H2,1-3H3. The Balaban J connectivity index is 1.88. The van der Waals surface area contributed by atoms with Crippen molar-refractivity contribution < 1.29 is 19.0 Å². The summed E-state index contributed by atoms with van der Waals surface area (Å²) in [5, 5.41) is 0. The molecular weight excluding hydrogens is 246 g/mol. The number of hydrogen-bond donors (Lipinski definition) is 0. The minimum Gasteiger partial charge on any atom is -0.462 e. The molecule has 1 aromatic carbocycles. The summed E-state index contributed by atoms with van der Waals surface area (Å²) in [5.74, 6) is 1.32. The van der Waals surface area contributed by atoms with Crippen LogP contribution in [0.1, 0.15) is 19.4 Å². The van der Waals surface area contributed by atoms with Crippen LogP contribution in [0.2, 0.25) is 0 Å². The molecule has 2 rings (SSSR count). The van der Waals surface area contributed by atoms with Gasteiger partial charge in [-0.1, -0.05) is 6.07 Å². The second-order valence-electron chi connectivity index (χ2n) is 4.90. The second-order valence-corrected chi connectivity index (χ2v) is 4.90. The molecule has 1 aliphatic rings. The third-order valence-electron chi connectivity index (χ3n) is 2.66. The van der Waals surface area contributed by atoms with Crippen LogP contribution in [0, 0.1) is 0 Å². The first-order valence-corrected chi connectivity index (χ1v) is 6.31. The van der Waals surface area contributed by atoms with Crippen LogP contribution >= 0.6 is 0 Å². The van der Waals surface area contributed by atoms with Gasteiger partial charge in [0.1, 0.15) is 0 Å². The van der Waals surface area contributed by atoms with E-state index in [1.165, 1.54) is 0 Å². The molecule has 0 bridgehead atoms. The molecule has 0 saturated heterocycles. The van der Waals surface area contributed by atoms with Gasteiger partial charge in [0.15, 0.2) is 11.5 Å². The fourth-order valence-corrected chi connectivity index (χ4v) is 1.93. The second kappa shape index (κ2) is 5.93. The Bertz CT molecular complexity index is 459. The molecule has 0 amide bonds. The number of hydrogen-bond acceptors (Lipinski definition) is 5. The van der Waals surface area contributed by atoms with Gasteiger partial charge in [0, 0.05) is 6.54 Å². The van der Waals surface area contributed by atoms with E-state index < -0.39 is 0 Å². The molecule has 19 heavy (non-hydrogen) atoms. The van der Waals surface area contributed by atoms with Gasteiger partial charge in [-0.25, -0.2) is 0 Å². The van der Waals surface area contributed by atoms with E-state index in [4.69, 9.17) is 14.2 Å². The summed E-state index contributed by atoms with van der Waals surface area (Å²) >= 11 is 0. The number of rotatable bonds is 5. The van der Waals surface area contributed by atoms with Crippen LogP contribution in [0.3, 0.4) is 0 Å². The fourth-order valence-electron chi connectivity index (χ4n) is 1.93. The average molecular weight is 265 g/mol. The lowest BCUT2D eigenvalue weighted by Crippen LogP contribution is -2.28. The lowest BCUT2D eigenvalue weighted by Gasteiger charge is -2.17. The van der Waals surface area contributed by atoms with Gasteiger partial charge in [-0.05, 0) is 38.6 Å². The van der Waals surface area contributed by atoms with E-state index >= 15 is 0 Å². The molecule has 1 heterocycles. The summed E-state index contributed by atoms with van der Waals surface area (Å²) in [6.07, 6.45) is -0.0774. The topological polar surface area (TPSA) is 48.0 Å². The van der Waals surface area contributed by atoms with E-state index in [2.05, 4.69) is 0 Å². The number of fused-ring (bicyclic) bond motifs is 1. The van der Waals surface area contributed by atoms with Crippen LogP contribution in [0.5, 0.6) is 11.5 Å². The van der Waals surface area contributed by atoms with Gasteiger partial charge in [0.25, 0.3) is 0 Å². The first kappa shape index (κ1) is 13.7. The number of nitrogens with zero attached hydrogens (tertiary/aromatic N) is 1. The van der Waals surface area contributed by atoms with E-state index in [1.54, 1.807) is 0 Å². The predicted molar refractivity (Wildman–Crippen MR) is 70.1 cm³/mol. The molecule has 0 aliphatic carbocycles. The smallest absolute Gasteiger partial charge is 0.320 e. The molecule has 0 aromatic heterocycles. The van der Waals surface area contributed by atoms with Crippen LogP contribution in [-0.4, -0.2) is 37.4 Å². The highest BCUT2D eigenvalue weighted by atomic mass is 16.7. The zero-order chi connectivity index (χ0) is 13.8. The quantitative estimate of drug-likeness (QED) is 0.760. The average Bonchev–Trinajstić information content (AvgIpc) is 2.74. The first-order chi connectivity index (χ1) is 9.04. The van der Waals surface area contributed by atoms with Gasteiger partial charge in [0.2, 0.25) is 6.79 Å². The van der Waals surface area contributed by atoms with Crippen molar-refractivity contribution in [1.29, 1.82) is 0 Å². The number of carbonyl (C=O) groups excluding carboxylic acids is 1. The van der Waals surface area contributed by atoms with E-state index in [0.717, 1.165) is 17.1 Å². The summed E-state index contributed by atoms with van der Waals surface area (Å²) in [7, 11) is 1.88. The Labute approximate surface area is 113 Å². The van der Waals surface area contributed by atoms with Crippen molar-refractivity contribution in [2.75, 3.05) is 20.4 Å². The van der Waals surface area contributed by atoms with Crippen molar-refractivity contribution in [2.24, 2.45) is 0 Å². The van der Waals surface area contributed by atoms with Crippen molar-refractivity contribution in [3.63, 3.8) is 0 Å². The Kier molecular flexibility index (Phi) is 4.27. The largest absolute Gasteiger partial charge is 0.462 e. The molecular formula is C14H19NO4. The van der Waals surface area contributed by atoms with Crippen molar-refractivity contribution in [1.82, 2.24) is 4.90 Å². The Morgan fingerprint density at radius 3 is 2.84 bits per heavy atom. The lowest BCUT2D eigenvalue weighted by atomic mass is 10.2. The van der Waals surface area contributed by atoms with Crippen molar-refractivity contribution in [3.05, 3.63) is 23.8 Å². The van der Waals surface area contributed by atoms with E-state index in [-0.39, 0.29) is 25.4 Å². The van der Waals surface area contributed by atoms with Gasteiger partial charge in [-0.3, -0.25) is 9.69 Å². The lowest BCUT2D eigenvalue weighted by molar-refractivity contribution is -0.148. The molecule has 0 spiro atoms. The molecule has 104 valence electrons. The van der Waals surface area contributed by atoms with Crippen LogP contribution in [0.4, 0.5) is 0 Å². The molecule has 1 aromatic rings. The number of ether oxygens (including phenoxy) is 3. The number of benzene rings is 1. The number of likely N-dealkylation sites (N-methyl/N-ethyl adjacent to an activating group) is 1. The van der Waals surface area contributed by atoms with Gasteiger partial charge < -0.3 is 14.2 Å². The van der Waals surface area contributed by atoms with Crippen LogP contribution < -0.4 is 9.47 Å². The minimum atomic E-state index is -0.210. The van der Waals surface area contributed by atoms with Crippen LogP contribution in [0.15, 0.2) is 18.2 Å². The normalized spacial score (nSPS) is 13.1. The third-order valence-corrected chi connectivity index (χ3v) is 2.66. The highest BCUT2D eigenvalue weighted by Crippen LogP contribution is 2.32. The molecule has 0 fully saturated rings. The number of carbonyl (C=O) groups is 1. The predicted octanol–water partition coefficient (Wildman–Crippen LogP) is 1.80. The van der Waals surface area contributed by atoms with Gasteiger partial charge in [0.05, 0.1) is 12.6 Å². The third kappa shape index (κ3) is 3.86. The van der Waals surface area contributed by atoms with E-state index in [0.29, 0.717) is 6.54 Å². The highest BCUT2D eigenvalue weighted by molar-refractivity contribution is 5.71. The van der Waals surface area contributed by atoms with E-state index in [9.17, 15) is 4.79 Å². The Morgan fingerprint density at radius 1 is 1.37 bits per heavy atom. The highest BCUT2D eigenvalue weighted by Gasteiger charge is 2.15. The maximum Gasteiger partial charge on any atom is 0.320 e. The van der Waals surface area contributed by atoms with Gasteiger partial charge >= 0.3 is 5.97 Å². The Morgan fingerprint density at radius 2 is 2.11 bits per heavy atom. The van der Waals surface area contributed by atoms with Crippen LogP contribution in [-0.2, 0) is 16.1 Å². The molecule has 5 nitrogen and oxygen atoms in total. The molecule has 0 atom stereocenters. The molecule has 0 N–H and O–H groups in total. The molecule has 0 radical (unpaired) electrons. The maximum atomic E-state index is 11.5. The first-order valence-electron chi connectivity index (χ1n) is 6.31. The van der Waals surface area contributed by atoms with Crippen LogP contribution in [0.25, 0.3) is 0 Å². The maximum absolute atomic E-state index is 11.5. The van der Waals surface area contributed by atoms with Crippen molar-refractivity contribution >= 4 is 5.97 Å². The summed E-state index contributed by atoms with van der Waals surface area (Å²) in [4.78, 5) is 13.4. The molecule has 0 unspecified atom stereocenters. The molecule has 1 aliphatic heterocycles. The zero-order valence-corrected chi connectivity index (χ0v) is 11.5. The van der Waals surface area contributed by atoms with Crippen molar-refractivity contribution in [2.45, 2.75) is 26.5 Å². The van der Waals surface area contributed by atoms with E-state index in [1.807, 2.05) is 44.0 Å².